The highest BCUT2D eigenvalue weighted by Gasteiger charge is 2.31. The molecule has 0 saturated heterocycles. The Morgan fingerprint density at radius 1 is 1.14 bits per heavy atom. The molecule has 0 fully saturated rings. The first-order valence-electron chi connectivity index (χ1n) is 7.77. The number of carbonyl (C=O) groups is 1. The van der Waals surface area contributed by atoms with Gasteiger partial charge >= 0.3 is 6.03 Å². The highest BCUT2D eigenvalue weighted by Crippen LogP contribution is 2.32. The molecular formula is C18H23N3O. The molecule has 22 heavy (non-hydrogen) atoms. The number of aromatic nitrogens is 1. The second-order valence-corrected chi connectivity index (χ2v) is 6.16. The van der Waals surface area contributed by atoms with Crippen molar-refractivity contribution in [3.05, 3.63) is 59.4 Å². The van der Waals surface area contributed by atoms with Crippen molar-refractivity contribution in [3.8, 4) is 0 Å². The van der Waals surface area contributed by atoms with Crippen LogP contribution in [0, 0.1) is 6.92 Å². The van der Waals surface area contributed by atoms with Gasteiger partial charge in [0.15, 0.2) is 0 Å². The SMILES string of the molecule is Cc1ccc(C2c3cccn3CCCN2C(=O)N(C)C)cc1. The summed E-state index contributed by atoms with van der Waals surface area (Å²) in [4.78, 5) is 16.3. The summed E-state index contributed by atoms with van der Waals surface area (Å²) in [6.45, 7) is 3.82. The van der Waals surface area contributed by atoms with E-state index in [0.29, 0.717) is 0 Å². The molecule has 116 valence electrons. The normalized spacial score (nSPS) is 17.8. The molecule has 0 radical (unpaired) electrons. The minimum absolute atomic E-state index is 0.0204. The van der Waals surface area contributed by atoms with Gasteiger partial charge in [-0.3, -0.25) is 0 Å². The second kappa shape index (κ2) is 5.87. The fraction of sp³-hybridized carbons (Fsp3) is 0.389. The number of hydrogen-bond donors (Lipinski definition) is 0. The van der Waals surface area contributed by atoms with Gasteiger partial charge in [-0.2, -0.15) is 0 Å². The third-order valence-electron chi connectivity index (χ3n) is 4.28. The Bertz CT molecular complexity index is 657. The second-order valence-electron chi connectivity index (χ2n) is 6.16. The summed E-state index contributed by atoms with van der Waals surface area (Å²) in [6.07, 6.45) is 3.09. The molecule has 0 spiro atoms. The molecule has 0 saturated carbocycles. The molecule has 0 N–H and O–H groups in total. The number of nitrogens with zero attached hydrogens (tertiary/aromatic N) is 3. The number of amides is 2. The van der Waals surface area contributed by atoms with Gasteiger partial charge in [0, 0.05) is 39.1 Å². The van der Waals surface area contributed by atoms with Crippen LogP contribution >= 0.6 is 0 Å². The fourth-order valence-corrected chi connectivity index (χ4v) is 3.14. The van der Waals surface area contributed by atoms with Gasteiger partial charge in [0.2, 0.25) is 0 Å². The van der Waals surface area contributed by atoms with Gasteiger partial charge in [-0.05, 0) is 31.0 Å². The number of rotatable bonds is 1. The monoisotopic (exact) mass is 297 g/mol. The lowest BCUT2D eigenvalue weighted by molar-refractivity contribution is 0.158. The first-order chi connectivity index (χ1) is 10.6. The zero-order valence-electron chi connectivity index (χ0n) is 13.5. The van der Waals surface area contributed by atoms with Gasteiger partial charge in [0.05, 0.1) is 6.04 Å². The van der Waals surface area contributed by atoms with Crippen LogP contribution in [0.15, 0.2) is 42.6 Å². The fourth-order valence-electron chi connectivity index (χ4n) is 3.14. The molecule has 4 heteroatoms. The van der Waals surface area contributed by atoms with Crippen LogP contribution in [0.2, 0.25) is 0 Å². The smallest absolute Gasteiger partial charge is 0.320 e. The van der Waals surface area contributed by atoms with Gasteiger partial charge in [-0.25, -0.2) is 4.79 Å². The Morgan fingerprint density at radius 3 is 2.55 bits per heavy atom. The highest BCUT2D eigenvalue weighted by molar-refractivity contribution is 5.75. The van der Waals surface area contributed by atoms with Crippen LogP contribution < -0.4 is 0 Å². The van der Waals surface area contributed by atoms with Crippen LogP contribution in [-0.2, 0) is 6.54 Å². The molecular weight excluding hydrogens is 274 g/mol. The Morgan fingerprint density at radius 2 is 1.86 bits per heavy atom. The lowest BCUT2D eigenvalue weighted by Gasteiger charge is -2.32. The number of hydrogen-bond acceptors (Lipinski definition) is 1. The number of urea groups is 1. The van der Waals surface area contributed by atoms with E-state index in [1.54, 1.807) is 4.90 Å². The van der Waals surface area contributed by atoms with Crippen molar-refractivity contribution in [2.24, 2.45) is 0 Å². The van der Waals surface area contributed by atoms with Crippen LogP contribution in [-0.4, -0.2) is 41.0 Å². The van der Waals surface area contributed by atoms with E-state index in [9.17, 15) is 4.79 Å². The lowest BCUT2D eigenvalue weighted by atomic mass is 10.0. The van der Waals surface area contributed by atoms with Crippen LogP contribution in [0.25, 0.3) is 0 Å². The summed E-state index contributed by atoms with van der Waals surface area (Å²) in [7, 11) is 3.64. The Balaban J connectivity index is 2.09. The molecule has 1 aromatic heterocycles. The van der Waals surface area contributed by atoms with E-state index in [1.807, 2.05) is 19.0 Å². The molecule has 2 amide bonds. The number of benzene rings is 1. The number of aryl methyl sites for hydroxylation is 2. The average Bonchev–Trinajstić information content (AvgIpc) is 2.88. The van der Waals surface area contributed by atoms with Gasteiger partial charge < -0.3 is 14.4 Å². The van der Waals surface area contributed by atoms with Crippen molar-refractivity contribution in [1.29, 1.82) is 0 Å². The molecule has 1 aliphatic heterocycles. The van der Waals surface area contributed by atoms with Gasteiger partial charge in [0.1, 0.15) is 0 Å². The summed E-state index contributed by atoms with van der Waals surface area (Å²) in [5.74, 6) is 0. The summed E-state index contributed by atoms with van der Waals surface area (Å²) in [5.41, 5.74) is 3.59. The Kier molecular flexibility index (Phi) is 3.92. The van der Waals surface area contributed by atoms with Gasteiger partial charge in [-0.1, -0.05) is 29.8 Å². The van der Waals surface area contributed by atoms with Crippen molar-refractivity contribution < 1.29 is 4.79 Å². The maximum absolute atomic E-state index is 12.7. The number of fused-ring (bicyclic) bond motifs is 1. The zero-order chi connectivity index (χ0) is 15.7. The first-order valence-corrected chi connectivity index (χ1v) is 7.77. The van der Waals surface area contributed by atoms with E-state index in [0.717, 1.165) is 19.5 Å². The summed E-state index contributed by atoms with van der Waals surface area (Å²) in [5, 5.41) is 0. The van der Waals surface area contributed by atoms with Gasteiger partial charge in [0.25, 0.3) is 0 Å². The minimum Gasteiger partial charge on any atom is -0.349 e. The van der Waals surface area contributed by atoms with E-state index in [4.69, 9.17) is 0 Å². The predicted octanol–water partition coefficient (Wildman–Crippen LogP) is 3.27. The average molecular weight is 297 g/mol. The summed E-state index contributed by atoms with van der Waals surface area (Å²) in [6, 6.07) is 12.8. The predicted molar refractivity (Wildman–Crippen MR) is 87.9 cm³/mol. The third-order valence-corrected chi connectivity index (χ3v) is 4.28. The van der Waals surface area contributed by atoms with Crippen LogP contribution in [0.4, 0.5) is 4.79 Å². The molecule has 3 rings (SSSR count). The topological polar surface area (TPSA) is 28.5 Å². The summed E-state index contributed by atoms with van der Waals surface area (Å²) >= 11 is 0. The standard InChI is InChI=1S/C18H23N3O/c1-14-7-9-15(10-8-14)17-16-6-4-11-20(16)12-5-13-21(17)18(22)19(2)3/h4,6-11,17H,5,12-13H2,1-3H3. The molecule has 2 heterocycles. The van der Waals surface area contributed by atoms with Crippen molar-refractivity contribution in [2.45, 2.75) is 25.9 Å². The van der Waals surface area contributed by atoms with Gasteiger partial charge in [-0.15, -0.1) is 0 Å². The zero-order valence-corrected chi connectivity index (χ0v) is 13.5. The first kappa shape index (κ1) is 14.7. The Hall–Kier alpha value is -2.23. The lowest BCUT2D eigenvalue weighted by Crippen LogP contribution is -2.42. The van der Waals surface area contributed by atoms with Crippen LogP contribution in [0.1, 0.15) is 29.3 Å². The van der Waals surface area contributed by atoms with Crippen molar-refractivity contribution in [2.75, 3.05) is 20.6 Å². The molecule has 1 unspecified atom stereocenters. The molecule has 1 aliphatic rings. The Labute approximate surface area is 132 Å². The molecule has 0 bridgehead atoms. The maximum atomic E-state index is 12.7. The molecule has 1 atom stereocenters. The molecule has 1 aromatic carbocycles. The highest BCUT2D eigenvalue weighted by atomic mass is 16.2. The minimum atomic E-state index is -0.0204. The van der Waals surface area contributed by atoms with E-state index < -0.39 is 0 Å². The molecule has 0 aliphatic carbocycles. The van der Waals surface area contributed by atoms with Crippen LogP contribution in [0.3, 0.4) is 0 Å². The van der Waals surface area contributed by atoms with Crippen molar-refractivity contribution >= 4 is 6.03 Å². The molecule has 4 nitrogen and oxygen atoms in total. The maximum Gasteiger partial charge on any atom is 0.320 e. The number of carbonyl (C=O) groups excluding carboxylic acids is 1. The van der Waals surface area contributed by atoms with Crippen molar-refractivity contribution in [3.63, 3.8) is 0 Å². The van der Waals surface area contributed by atoms with E-state index in [2.05, 4.69) is 54.1 Å². The largest absolute Gasteiger partial charge is 0.349 e. The van der Waals surface area contributed by atoms with E-state index >= 15 is 0 Å². The van der Waals surface area contributed by atoms with E-state index in [1.165, 1.54) is 16.8 Å². The summed E-state index contributed by atoms with van der Waals surface area (Å²) < 4.78 is 2.27. The quantitative estimate of drug-likeness (QED) is 0.794. The van der Waals surface area contributed by atoms with E-state index in [-0.39, 0.29) is 12.1 Å². The van der Waals surface area contributed by atoms with Crippen molar-refractivity contribution in [1.82, 2.24) is 14.4 Å². The van der Waals surface area contributed by atoms with Crippen LogP contribution in [0.5, 0.6) is 0 Å². The molecule has 2 aromatic rings. The third kappa shape index (κ3) is 2.61.